The summed E-state index contributed by atoms with van der Waals surface area (Å²) in [6.45, 7) is 3.03. The molecule has 108 valence electrons. The quantitative estimate of drug-likeness (QED) is 0.753. The fourth-order valence-electron chi connectivity index (χ4n) is 2.67. The van der Waals surface area contributed by atoms with Crippen molar-refractivity contribution in [3.8, 4) is 0 Å². The third-order valence-corrected chi connectivity index (χ3v) is 4.24. The molecule has 0 radical (unpaired) electrons. The highest BCUT2D eigenvalue weighted by molar-refractivity contribution is 5.83. The number of hydrogen-bond donors (Lipinski definition) is 3. The fraction of sp³-hybridized carbons (Fsp3) is 0.615. The molecule has 2 aliphatic rings. The number of H-pyrrole nitrogens is 1. The van der Waals surface area contributed by atoms with E-state index < -0.39 is 12.0 Å². The molecule has 20 heavy (non-hydrogen) atoms. The van der Waals surface area contributed by atoms with Crippen molar-refractivity contribution in [2.75, 3.05) is 6.54 Å². The van der Waals surface area contributed by atoms with E-state index in [-0.39, 0.29) is 19.0 Å². The van der Waals surface area contributed by atoms with Gasteiger partial charge >= 0.3 is 12.0 Å². The molecule has 3 unspecified atom stereocenters. The van der Waals surface area contributed by atoms with Crippen LogP contribution in [0.25, 0.3) is 0 Å². The first kappa shape index (κ1) is 13.0. The lowest BCUT2D eigenvalue weighted by Gasteiger charge is -2.32. The van der Waals surface area contributed by atoms with E-state index in [9.17, 15) is 14.7 Å². The number of carboxylic acids is 1. The molecule has 0 bridgehead atoms. The molecule has 1 fully saturated rings. The molecule has 0 spiro atoms. The normalized spacial score (nSPS) is 27.9. The summed E-state index contributed by atoms with van der Waals surface area (Å²) in [6, 6.07) is -1.15. The monoisotopic (exact) mass is 278 g/mol. The zero-order chi connectivity index (χ0) is 14.3. The average Bonchev–Trinajstić information content (AvgIpc) is 2.94. The van der Waals surface area contributed by atoms with E-state index in [0.717, 1.165) is 17.8 Å². The van der Waals surface area contributed by atoms with Gasteiger partial charge in [0.25, 0.3) is 0 Å². The van der Waals surface area contributed by atoms with E-state index in [1.165, 1.54) is 11.2 Å². The summed E-state index contributed by atoms with van der Waals surface area (Å²) in [5, 5.41) is 12.1. The van der Waals surface area contributed by atoms with Crippen molar-refractivity contribution in [3.63, 3.8) is 0 Å². The van der Waals surface area contributed by atoms with Crippen molar-refractivity contribution in [1.82, 2.24) is 20.2 Å². The minimum atomic E-state index is -0.992. The number of aromatic amines is 1. The number of amides is 2. The van der Waals surface area contributed by atoms with Gasteiger partial charge in [0.05, 0.1) is 24.3 Å². The smallest absolute Gasteiger partial charge is 0.326 e. The molecule has 0 saturated heterocycles. The van der Waals surface area contributed by atoms with Gasteiger partial charge in [0.1, 0.15) is 6.04 Å². The van der Waals surface area contributed by atoms with Gasteiger partial charge in [-0.05, 0) is 18.3 Å². The molecule has 1 aliphatic heterocycles. The topological polar surface area (TPSA) is 98.3 Å². The Balaban J connectivity index is 1.69. The van der Waals surface area contributed by atoms with Crippen molar-refractivity contribution in [3.05, 3.63) is 17.7 Å². The molecule has 1 aromatic heterocycles. The second-order valence-corrected chi connectivity index (χ2v) is 5.67. The summed E-state index contributed by atoms with van der Waals surface area (Å²) >= 11 is 0. The Bertz CT molecular complexity index is 541. The zero-order valence-electron chi connectivity index (χ0n) is 11.3. The number of aromatic nitrogens is 2. The average molecular weight is 278 g/mol. The van der Waals surface area contributed by atoms with E-state index in [1.807, 2.05) is 0 Å². The van der Waals surface area contributed by atoms with Crippen LogP contribution in [-0.2, 0) is 17.8 Å². The van der Waals surface area contributed by atoms with Gasteiger partial charge in [0.2, 0.25) is 0 Å². The number of aliphatic carboxylic acids is 1. The molecule has 2 amide bonds. The molecule has 2 heterocycles. The molecular formula is C13H18N4O3. The minimum Gasteiger partial charge on any atom is -0.480 e. The second kappa shape index (κ2) is 4.81. The Hall–Kier alpha value is -2.05. The van der Waals surface area contributed by atoms with Crippen LogP contribution in [0.5, 0.6) is 0 Å². The lowest BCUT2D eigenvalue weighted by molar-refractivity contribution is -0.142. The summed E-state index contributed by atoms with van der Waals surface area (Å²) in [7, 11) is 0. The van der Waals surface area contributed by atoms with Gasteiger partial charge in [-0.1, -0.05) is 6.92 Å². The Labute approximate surface area is 116 Å². The van der Waals surface area contributed by atoms with Crippen molar-refractivity contribution in [2.45, 2.75) is 32.4 Å². The van der Waals surface area contributed by atoms with Crippen LogP contribution in [0.15, 0.2) is 6.33 Å². The summed E-state index contributed by atoms with van der Waals surface area (Å²) in [4.78, 5) is 32.0. The number of hydrogen-bond acceptors (Lipinski definition) is 3. The number of urea groups is 1. The van der Waals surface area contributed by atoms with Crippen LogP contribution in [0.4, 0.5) is 4.79 Å². The molecule has 0 aromatic carbocycles. The summed E-state index contributed by atoms with van der Waals surface area (Å²) < 4.78 is 0. The predicted molar refractivity (Wildman–Crippen MR) is 69.9 cm³/mol. The van der Waals surface area contributed by atoms with E-state index >= 15 is 0 Å². The van der Waals surface area contributed by atoms with Crippen LogP contribution in [-0.4, -0.2) is 44.6 Å². The molecule has 7 nitrogen and oxygen atoms in total. The standard InChI is InChI=1S/C13H18N4O3/c1-7-2-8(7)4-14-13(20)17-5-10-9(15-6-16-10)3-11(17)12(18)19/h6-8,11H,2-5H2,1H3,(H,14,20)(H,15,16)(H,18,19). The van der Waals surface area contributed by atoms with Crippen molar-refractivity contribution in [2.24, 2.45) is 11.8 Å². The SMILES string of the molecule is CC1CC1CNC(=O)N1Cc2[nH]cnc2CC1C(=O)O. The van der Waals surface area contributed by atoms with Gasteiger partial charge in [-0.3, -0.25) is 0 Å². The van der Waals surface area contributed by atoms with E-state index in [4.69, 9.17) is 0 Å². The maximum absolute atomic E-state index is 12.2. The number of fused-ring (bicyclic) bond motifs is 1. The number of nitrogens with one attached hydrogen (secondary N) is 2. The van der Waals surface area contributed by atoms with Crippen LogP contribution in [0.3, 0.4) is 0 Å². The molecule has 3 rings (SSSR count). The highest BCUT2D eigenvalue weighted by Gasteiger charge is 2.37. The fourth-order valence-corrected chi connectivity index (χ4v) is 2.67. The highest BCUT2D eigenvalue weighted by atomic mass is 16.4. The molecule has 1 saturated carbocycles. The first-order valence-corrected chi connectivity index (χ1v) is 6.84. The summed E-state index contributed by atoms with van der Waals surface area (Å²) in [5.41, 5.74) is 1.55. The van der Waals surface area contributed by atoms with Gasteiger partial charge < -0.3 is 20.3 Å². The van der Waals surface area contributed by atoms with Crippen LogP contribution >= 0.6 is 0 Å². The van der Waals surface area contributed by atoms with Gasteiger partial charge in [-0.25, -0.2) is 14.6 Å². The van der Waals surface area contributed by atoms with Crippen molar-refractivity contribution in [1.29, 1.82) is 0 Å². The van der Waals surface area contributed by atoms with Crippen LogP contribution in [0.2, 0.25) is 0 Å². The largest absolute Gasteiger partial charge is 0.480 e. The first-order chi connectivity index (χ1) is 9.56. The lowest BCUT2D eigenvalue weighted by Crippen LogP contribution is -2.52. The highest BCUT2D eigenvalue weighted by Crippen LogP contribution is 2.36. The molecule has 7 heteroatoms. The molecule has 1 aromatic rings. The van der Waals surface area contributed by atoms with Crippen LogP contribution in [0, 0.1) is 11.8 Å². The van der Waals surface area contributed by atoms with Crippen molar-refractivity contribution >= 4 is 12.0 Å². The van der Waals surface area contributed by atoms with Crippen LogP contribution in [0.1, 0.15) is 24.7 Å². The number of rotatable bonds is 3. The predicted octanol–water partition coefficient (Wildman–Crippen LogP) is 0.587. The number of carbonyl (C=O) groups is 2. The third-order valence-electron chi connectivity index (χ3n) is 4.24. The van der Waals surface area contributed by atoms with Gasteiger partial charge in [-0.15, -0.1) is 0 Å². The number of nitrogens with zero attached hydrogens (tertiary/aromatic N) is 2. The second-order valence-electron chi connectivity index (χ2n) is 5.67. The Morgan fingerprint density at radius 3 is 3.00 bits per heavy atom. The third kappa shape index (κ3) is 2.35. The Morgan fingerprint density at radius 2 is 2.35 bits per heavy atom. The number of imidazole rings is 1. The zero-order valence-corrected chi connectivity index (χ0v) is 11.3. The van der Waals surface area contributed by atoms with Gasteiger partial charge in [0, 0.05) is 13.0 Å². The maximum atomic E-state index is 12.2. The van der Waals surface area contributed by atoms with Gasteiger partial charge in [-0.2, -0.15) is 0 Å². The molecular weight excluding hydrogens is 260 g/mol. The maximum Gasteiger partial charge on any atom is 0.326 e. The number of carbonyl (C=O) groups excluding carboxylic acids is 1. The minimum absolute atomic E-state index is 0.251. The Kier molecular flexibility index (Phi) is 3.11. The summed E-state index contributed by atoms with van der Waals surface area (Å²) in [6.07, 6.45) is 2.92. The molecule has 3 N–H and O–H groups in total. The first-order valence-electron chi connectivity index (χ1n) is 6.84. The van der Waals surface area contributed by atoms with E-state index in [1.54, 1.807) is 0 Å². The summed E-state index contributed by atoms with van der Waals surface area (Å²) in [5.74, 6) is 0.203. The lowest BCUT2D eigenvalue weighted by atomic mass is 10.0. The van der Waals surface area contributed by atoms with Crippen molar-refractivity contribution < 1.29 is 14.7 Å². The molecule has 1 aliphatic carbocycles. The Morgan fingerprint density at radius 1 is 1.60 bits per heavy atom. The molecule has 3 atom stereocenters. The van der Waals surface area contributed by atoms with E-state index in [2.05, 4.69) is 22.2 Å². The van der Waals surface area contributed by atoms with Crippen LogP contribution < -0.4 is 5.32 Å². The van der Waals surface area contributed by atoms with E-state index in [0.29, 0.717) is 18.4 Å². The van der Waals surface area contributed by atoms with Gasteiger partial charge in [0.15, 0.2) is 0 Å². The number of carboxylic acid groups (broad SMARTS) is 1.